The average molecular weight is 618 g/mol. The number of hydrogen-bond acceptors (Lipinski definition) is 5. The number of benzene rings is 3. The van der Waals surface area contributed by atoms with Gasteiger partial charge in [0.25, 0.3) is 5.56 Å². The summed E-state index contributed by atoms with van der Waals surface area (Å²) in [5.74, 6) is -2.38. The predicted octanol–water partition coefficient (Wildman–Crippen LogP) is 4.79. The van der Waals surface area contributed by atoms with E-state index in [1.54, 1.807) is 25.2 Å². The third kappa shape index (κ3) is 4.79. The molecule has 0 unspecified atom stereocenters. The van der Waals surface area contributed by atoms with Crippen molar-refractivity contribution in [3.05, 3.63) is 107 Å². The normalized spacial score (nSPS) is 12.7. The molecule has 0 saturated carbocycles. The van der Waals surface area contributed by atoms with Crippen molar-refractivity contribution in [1.29, 1.82) is 0 Å². The molecule has 5 aromatic rings. The lowest BCUT2D eigenvalue weighted by atomic mass is 10.00. The summed E-state index contributed by atoms with van der Waals surface area (Å²) >= 11 is 19.1. The summed E-state index contributed by atoms with van der Waals surface area (Å²) in [5, 5.41) is 6.75. The van der Waals surface area contributed by atoms with E-state index in [-0.39, 0.29) is 52.7 Å². The molecule has 6 rings (SSSR count). The summed E-state index contributed by atoms with van der Waals surface area (Å²) in [5.41, 5.74) is 1.13. The van der Waals surface area contributed by atoms with Gasteiger partial charge >= 0.3 is 5.69 Å². The summed E-state index contributed by atoms with van der Waals surface area (Å²) in [6.45, 7) is -0.541. The average Bonchev–Trinajstić information content (AvgIpc) is 3.49. The maximum atomic E-state index is 14.2. The highest BCUT2D eigenvalue weighted by Gasteiger charge is 2.23. The van der Waals surface area contributed by atoms with Gasteiger partial charge in [-0.1, -0.05) is 34.8 Å². The number of fused-ring (bicyclic) bond motifs is 2. The number of carbonyl (C=O) groups is 1. The summed E-state index contributed by atoms with van der Waals surface area (Å²) in [4.78, 5) is 43.5. The van der Waals surface area contributed by atoms with Crippen molar-refractivity contribution < 1.29 is 13.6 Å². The molecule has 1 aliphatic rings. The molecule has 3 aromatic carbocycles. The topological polar surface area (TPSA) is 104 Å². The molecule has 14 heteroatoms. The van der Waals surface area contributed by atoms with E-state index in [2.05, 4.69) is 15.4 Å². The van der Waals surface area contributed by atoms with E-state index in [1.807, 2.05) is 0 Å². The van der Waals surface area contributed by atoms with Crippen LogP contribution in [-0.2, 0) is 31.4 Å². The zero-order valence-electron chi connectivity index (χ0n) is 21.0. The molecular weight excluding hydrogens is 601 g/mol. The first-order valence-electron chi connectivity index (χ1n) is 12.1. The number of nitrogens with one attached hydrogen (secondary N) is 1. The monoisotopic (exact) mass is 616 g/mol. The van der Waals surface area contributed by atoms with E-state index in [4.69, 9.17) is 34.8 Å². The second kappa shape index (κ2) is 10.1. The molecule has 0 spiro atoms. The Morgan fingerprint density at radius 1 is 0.927 bits per heavy atom. The van der Waals surface area contributed by atoms with Gasteiger partial charge in [0.1, 0.15) is 6.33 Å². The number of nitrogens with zero attached hydrogens (tertiary/aromatic N) is 5. The first kappa shape index (κ1) is 27.1. The number of hydrogen-bond donors (Lipinski definition) is 1. The van der Waals surface area contributed by atoms with Crippen LogP contribution in [0.15, 0.2) is 52.3 Å². The minimum atomic E-state index is -1.22. The summed E-state index contributed by atoms with van der Waals surface area (Å²) in [6.07, 6.45) is 1.58. The molecule has 0 radical (unpaired) electrons. The maximum Gasteiger partial charge on any atom is 0.332 e. The van der Waals surface area contributed by atoms with Crippen molar-refractivity contribution in [1.82, 2.24) is 23.9 Å². The number of aryl methyl sites for hydroxylation is 1. The van der Waals surface area contributed by atoms with E-state index in [0.29, 0.717) is 21.8 Å². The van der Waals surface area contributed by atoms with Crippen molar-refractivity contribution in [2.45, 2.75) is 19.5 Å². The van der Waals surface area contributed by atoms with Gasteiger partial charge in [-0.05, 0) is 53.1 Å². The Kier molecular flexibility index (Phi) is 6.68. The Morgan fingerprint density at radius 2 is 1.71 bits per heavy atom. The minimum absolute atomic E-state index is 0.00811. The molecule has 0 bridgehead atoms. The van der Waals surface area contributed by atoms with Gasteiger partial charge in [0.15, 0.2) is 17.5 Å². The van der Waals surface area contributed by atoms with Crippen molar-refractivity contribution in [2.75, 3.05) is 5.32 Å². The third-order valence-corrected chi connectivity index (χ3v) is 7.63. The summed E-state index contributed by atoms with van der Waals surface area (Å²) in [7, 11) is 1.64. The molecular formula is C27H17Cl3F2N6O3. The van der Waals surface area contributed by atoms with Crippen molar-refractivity contribution >= 4 is 57.3 Å². The highest BCUT2D eigenvalue weighted by molar-refractivity contribution is 6.36. The van der Waals surface area contributed by atoms with Crippen LogP contribution >= 0.6 is 34.8 Å². The zero-order chi connectivity index (χ0) is 29.2. The van der Waals surface area contributed by atoms with Gasteiger partial charge < -0.3 is 5.32 Å². The van der Waals surface area contributed by atoms with Gasteiger partial charge in [0.05, 0.1) is 45.5 Å². The van der Waals surface area contributed by atoms with Crippen LogP contribution in [0.25, 0.3) is 22.0 Å². The van der Waals surface area contributed by atoms with Crippen LogP contribution in [0.5, 0.6) is 0 Å². The van der Waals surface area contributed by atoms with Gasteiger partial charge in [0, 0.05) is 18.3 Å². The van der Waals surface area contributed by atoms with Gasteiger partial charge in [-0.15, -0.1) is 0 Å². The fraction of sp³-hybridized carbons (Fsp3) is 0.148. The SMILES string of the molecule is Cn1cnc(Cn2c(=O)c3c(Cl)cc(-c4cc5c(cc4Cl)NC(=O)C5)cc3n(Cc3cc(F)c(F)c(Cl)c3)c2=O)n1. The first-order valence-corrected chi connectivity index (χ1v) is 13.2. The molecule has 9 nitrogen and oxygen atoms in total. The largest absolute Gasteiger partial charge is 0.332 e. The van der Waals surface area contributed by atoms with Crippen LogP contribution in [0.3, 0.4) is 0 Å². The summed E-state index contributed by atoms with van der Waals surface area (Å²) in [6, 6.07) is 8.56. The zero-order valence-corrected chi connectivity index (χ0v) is 23.3. The number of anilines is 1. The van der Waals surface area contributed by atoms with Crippen LogP contribution in [-0.4, -0.2) is 29.8 Å². The lowest BCUT2D eigenvalue weighted by Gasteiger charge is -2.17. The molecule has 1 aliphatic heterocycles. The van der Waals surface area contributed by atoms with Gasteiger partial charge in [-0.25, -0.2) is 18.6 Å². The Bertz CT molecular complexity index is 2030. The number of rotatable bonds is 5. The molecule has 0 aliphatic carbocycles. The molecule has 0 fully saturated rings. The maximum absolute atomic E-state index is 14.2. The smallest absolute Gasteiger partial charge is 0.325 e. The van der Waals surface area contributed by atoms with Gasteiger partial charge in [-0.2, -0.15) is 5.10 Å². The Balaban J connectivity index is 1.60. The van der Waals surface area contributed by atoms with Crippen molar-refractivity contribution in [3.63, 3.8) is 0 Å². The van der Waals surface area contributed by atoms with Crippen LogP contribution in [0.2, 0.25) is 15.1 Å². The van der Waals surface area contributed by atoms with E-state index < -0.39 is 27.9 Å². The van der Waals surface area contributed by atoms with E-state index in [0.717, 1.165) is 16.2 Å². The number of halogens is 5. The van der Waals surface area contributed by atoms with Crippen molar-refractivity contribution in [2.24, 2.45) is 7.05 Å². The summed E-state index contributed by atoms with van der Waals surface area (Å²) < 4.78 is 31.7. The Labute approximate surface area is 244 Å². The van der Waals surface area contributed by atoms with Crippen molar-refractivity contribution in [3.8, 4) is 11.1 Å². The fourth-order valence-electron chi connectivity index (χ4n) is 4.88. The number of amides is 1. The molecule has 208 valence electrons. The quantitative estimate of drug-likeness (QED) is 0.286. The third-order valence-electron chi connectivity index (χ3n) is 6.74. The second-order valence-electron chi connectivity index (χ2n) is 9.53. The highest BCUT2D eigenvalue weighted by Crippen LogP contribution is 2.38. The van der Waals surface area contributed by atoms with Crippen LogP contribution in [0.4, 0.5) is 14.5 Å². The lowest BCUT2D eigenvalue weighted by molar-refractivity contribution is -0.115. The lowest BCUT2D eigenvalue weighted by Crippen LogP contribution is -2.41. The fourth-order valence-corrected chi connectivity index (χ4v) is 5.68. The first-order chi connectivity index (χ1) is 19.5. The minimum Gasteiger partial charge on any atom is -0.325 e. The molecule has 3 heterocycles. The predicted molar refractivity (Wildman–Crippen MR) is 151 cm³/mol. The molecule has 1 N–H and O–H groups in total. The van der Waals surface area contributed by atoms with Crippen LogP contribution in [0.1, 0.15) is 17.0 Å². The van der Waals surface area contributed by atoms with E-state index in [9.17, 15) is 23.2 Å². The van der Waals surface area contributed by atoms with Crippen LogP contribution in [0, 0.1) is 11.6 Å². The van der Waals surface area contributed by atoms with E-state index >= 15 is 0 Å². The van der Waals surface area contributed by atoms with Gasteiger partial charge in [-0.3, -0.25) is 23.4 Å². The molecule has 1 amide bonds. The molecule has 0 atom stereocenters. The number of carbonyl (C=O) groups excluding carboxylic acids is 1. The molecule has 41 heavy (non-hydrogen) atoms. The number of aromatic nitrogens is 5. The van der Waals surface area contributed by atoms with E-state index in [1.165, 1.54) is 27.7 Å². The Morgan fingerprint density at radius 3 is 2.41 bits per heavy atom. The Hall–Kier alpha value is -4.06. The van der Waals surface area contributed by atoms with Gasteiger partial charge in [0.2, 0.25) is 5.91 Å². The molecule has 2 aromatic heterocycles. The second-order valence-corrected chi connectivity index (χ2v) is 10.8. The molecule has 0 saturated heterocycles. The standard InChI is InChI=1S/C27H17Cl3F2N6O3/c1-36-11-33-22(35-36)10-38-26(40)24-17(29)5-13(15-4-14-7-23(39)34-20(14)8-16(15)28)6-21(24)37(27(38)41)9-12-2-18(30)25(32)19(31)3-12/h2-6,8,11H,7,9-10H2,1H3,(H,34,39). The highest BCUT2D eigenvalue weighted by atomic mass is 35.5. The van der Waals surface area contributed by atoms with Crippen LogP contribution < -0.4 is 16.6 Å².